The van der Waals surface area contributed by atoms with Crippen molar-refractivity contribution in [1.29, 1.82) is 0 Å². The van der Waals surface area contributed by atoms with Gasteiger partial charge in [0.25, 0.3) is 0 Å². The van der Waals surface area contributed by atoms with Gasteiger partial charge in [-0.25, -0.2) is 15.0 Å². The molecule has 0 N–H and O–H groups in total. The highest BCUT2D eigenvalue weighted by atomic mass is 16.3. The van der Waals surface area contributed by atoms with Crippen LogP contribution in [-0.2, 0) is 0 Å². The lowest BCUT2D eigenvalue weighted by molar-refractivity contribution is 0.669. The molecule has 0 aliphatic carbocycles. The Kier molecular flexibility index (Phi) is 3.19. The van der Waals surface area contributed by atoms with Gasteiger partial charge in [-0.3, -0.25) is 0 Å². The number of hydrogen-bond donors (Lipinski definition) is 0. The molecule has 0 unspecified atom stereocenters. The molecule has 0 amide bonds. The number of hydrogen-bond acceptors (Lipinski definition) is 4. The highest BCUT2D eigenvalue weighted by Gasteiger charge is 2.17. The smallest absolute Gasteiger partial charge is 0.164 e. The fourth-order valence-electron chi connectivity index (χ4n) is 5.39. The van der Waals surface area contributed by atoms with Crippen molar-refractivity contribution in [2.24, 2.45) is 0 Å². The van der Waals surface area contributed by atoms with Crippen molar-refractivity contribution < 1.29 is 23.6 Å². The average molecular weight is 579 g/mol. The van der Waals surface area contributed by atoms with Crippen molar-refractivity contribution in [3.05, 3.63) is 145 Å². The van der Waals surface area contributed by atoms with Crippen LogP contribution in [0.15, 0.2) is 150 Å². The van der Waals surface area contributed by atoms with Gasteiger partial charge in [0.15, 0.2) is 17.5 Å². The van der Waals surface area contributed by atoms with Crippen molar-refractivity contribution >= 4 is 43.7 Å². The Hall–Kier alpha value is -6.07. The minimum absolute atomic E-state index is 0.108. The average Bonchev–Trinajstić information content (AvgIpc) is 3.74. The maximum absolute atomic E-state index is 9.38. The van der Waals surface area contributed by atoms with E-state index in [1.54, 1.807) is 16.7 Å². The van der Waals surface area contributed by atoms with Crippen LogP contribution in [0.2, 0.25) is 0 Å². The summed E-state index contributed by atoms with van der Waals surface area (Å²) in [5.41, 5.74) is 0.785. The molecular weight excluding hydrogens is 540 g/mol. The Morgan fingerprint density at radius 3 is 1.70 bits per heavy atom. The van der Waals surface area contributed by atoms with Gasteiger partial charge >= 0.3 is 0 Å². The van der Waals surface area contributed by atoms with E-state index in [4.69, 9.17) is 18.1 Å². The summed E-state index contributed by atoms with van der Waals surface area (Å²) in [6.07, 6.45) is 0. The molecule has 3 aromatic heterocycles. The van der Waals surface area contributed by atoms with Gasteiger partial charge in [0.2, 0.25) is 0 Å². The molecule has 3 heterocycles. The van der Waals surface area contributed by atoms with Gasteiger partial charge in [-0.05, 0) is 48.4 Å². The van der Waals surface area contributed by atoms with E-state index >= 15 is 0 Å². The number of para-hydroxylation sites is 2. The van der Waals surface area contributed by atoms with Crippen LogP contribution < -0.4 is 0 Å². The molecule has 0 spiro atoms. The fourth-order valence-corrected chi connectivity index (χ4v) is 5.39. The lowest BCUT2D eigenvalue weighted by Gasteiger charge is -2.11. The summed E-state index contributed by atoms with van der Waals surface area (Å²) in [6.45, 7) is 0. The lowest BCUT2D eigenvalue weighted by atomic mass is 10.1. The second kappa shape index (κ2) is 9.75. The van der Waals surface area contributed by atoms with Gasteiger partial charge in [0.1, 0.15) is 11.2 Å². The second-order valence-corrected chi connectivity index (χ2v) is 9.85. The molecule has 206 valence electrons. The summed E-state index contributed by atoms with van der Waals surface area (Å²) in [4.78, 5) is 12.9. The van der Waals surface area contributed by atoms with Crippen molar-refractivity contribution in [3.8, 4) is 39.9 Å². The van der Waals surface area contributed by atoms with E-state index in [1.165, 1.54) is 0 Å². The van der Waals surface area contributed by atoms with Crippen LogP contribution in [0.3, 0.4) is 0 Å². The third-order valence-corrected chi connectivity index (χ3v) is 7.31. The van der Waals surface area contributed by atoms with Crippen LogP contribution in [0.4, 0.5) is 0 Å². The summed E-state index contributed by atoms with van der Waals surface area (Å²) in [5, 5.41) is 3.09. The lowest BCUT2D eigenvalue weighted by Crippen LogP contribution is -2.00. The van der Waals surface area contributed by atoms with E-state index in [1.807, 2.05) is 48.5 Å². The van der Waals surface area contributed by atoms with Gasteiger partial charge in [0.05, 0.1) is 30.2 Å². The number of benzene rings is 6. The van der Waals surface area contributed by atoms with Crippen LogP contribution in [-0.4, -0.2) is 19.5 Å². The predicted molar refractivity (Wildman–Crippen MR) is 178 cm³/mol. The topological polar surface area (TPSA) is 56.7 Å². The normalized spacial score (nSPS) is 16.1. The molecule has 6 aromatic carbocycles. The summed E-state index contributed by atoms with van der Waals surface area (Å²) >= 11 is 0. The van der Waals surface area contributed by atoms with Crippen molar-refractivity contribution in [3.63, 3.8) is 0 Å². The molecule has 9 rings (SSSR count). The van der Waals surface area contributed by atoms with Crippen molar-refractivity contribution in [2.45, 2.75) is 0 Å². The SMILES string of the molecule is [2H]c1c([2H])c([2H])c(-c2nc(-c3c([2H])c([2H])c([2H])c([2H])c3[2H])nc(-c3c([2H])c([2H])c(-n4c5ccccc5c5cc6oc7ccccc7c6cc54)c([2H])c3[2H])n2)c([2H])c1[2H]. The number of aromatic nitrogens is 4. The van der Waals surface area contributed by atoms with Gasteiger partial charge < -0.3 is 8.98 Å². The third-order valence-electron chi connectivity index (χ3n) is 7.31. The van der Waals surface area contributed by atoms with E-state index < -0.39 is 119 Å². The fraction of sp³-hybridized carbons (Fsp3) is 0. The van der Waals surface area contributed by atoms with Crippen LogP contribution in [0.25, 0.3) is 83.6 Å². The van der Waals surface area contributed by atoms with Crippen LogP contribution in [0, 0.1) is 0 Å². The number of furan rings is 1. The molecule has 0 radical (unpaired) electrons. The quantitative estimate of drug-likeness (QED) is 0.209. The van der Waals surface area contributed by atoms with E-state index in [0.29, 0.717) is 22.2 Å². The standard InChI is InChI=1S/C39H24N4O/c1-3-11-25(12-4-1)37-40-38(26-13-5-2-6-14-26)42-39(41-37)27-19-21-28(22-20-27)43-33-17-9-7-15-29(33)31-24-36-32(23-34(31)43)30-16-8-10-18-35(30)44-36/h1-24H/i1D,2D,3D,4D,5D,6D,11D,12D,13D,14D,19D,20D,21D,22D. The zero-order valence-electron chi connectivity index (χ0n) is 36.5. The minimum atomic E-state index is -0.734. The van der Waals surface area contributed by atoms with Crippen LogP contribution in [0.1, 0.15) is 19.2 Å². The molecule has 0 aliphatic heterocycles. The summed E-state index contributed by atoms with van der Waals surface area (Å²) in [6, 6.07) is 9.03. The van der Waals surface area contributed by atoms with Gasteiger partial charge in [-0.2, -0.15) is 0 Å². The highest BCUT2D eigenvalue weighted by molar-refractivity contribution is 6.17. The molecule has 44 heavy (non-hydrogen) atoms. The first kappa shape index (κ1) is 14.4. The molecule has 5 heteroatoms. The zero-order valence-corrected chi connectivity index (χ0v) is 22.5. The van der Waals surface area contributed by atoms with Crippen molar-refractivity contribution in [1.82, 2.24) is 19.5 Å². The third kappa shape index (κ3) is 3.91. The molecule has 0 fully saturated rings. The largest absolute Gasteiger partial charge is 0.456 e. The van der Waals surface area contributed by atoms with Gasteiger partial charge in [-0.1, -0.05) is 96.8 Å². The monoisotopic (exact) mass is 578 g/mol. The first-order valence-corrected chi connectivity index (χ1v) is 13.5. The van der Waals surface area contributed by atoms with Crippen molar-refractivity contribution in [2.75, 3.05) is 0 Å². The zero-order chi connectivity index (χ0) is 41.2. The molecule has 5 nitrogen and oxygen atoms in total. The van der Waals surface area contributed by atoms with Gasteiger partial charge in [0, 0.05) is 43.9 Å². The Morgan fingerprint density at radius 1 is 0.477 bits per heavy atom. The number of nitrogens with zero attached hydrogens (tertiary/aromatic N) is 4. The van der Waals surface area contributed by atoms with Gasteiger partial charge in [-0.15, -0.1) is 0 Å². The summed E-state index contributed by atoms with van der Waals surface area (Å²) < 4.78 is 129. The van der Waals surface area contributed by atoms with E-state index in [-0.39, 0.29) is 5.69 Å². The van der Waals surface area contributed by atoms with E-state index in [9.17, 15) is 5.48 Å². The first-order chi connectivity index (χ1) is 27.6. The van der Waals surface area contributed by atoms with E-state index in [2.05, 4.69) is 15.0 Å². The highest BCUT2D eigenvalue weighted by Crippen LogP contribution is 2.38. The molecule has 0 aliphatic rings. The molecular formula is C39H24N4O. The maximum atomic E-state index is 9.38. The number of fused-ring (bicyclic) bond motifs is 6. The predicted octanol–water partition coefficient (Wildman–Crippen LogP) is 9.87. The molecule has 9 aromatic rings. The Labute approximate surface area is 272 Å². The molecule has 0 atom stereocenters. The first-order valence-electron chi connectivity index (χ1n) is 20.5. The minimum Gasteiger partial charge on any atom is -0.456 e. The molecule has 0 saturated heterocycles. The second-order valence-electron chi connectivity index (χ2n) is 9.85. The Bertz CT molecular complexity index is 3130. The Balaban J connectivity index is 1.36. The van der Waals surface area contributed by atoms with Crippen LogP contribution in [0.5, 0.6) is 0 Å². The van der Waals surface area contributed by atoms with Crippen LogP contribution >= 0.6 is 0 Å². The molecule has 0 saturated carbocycles. The Morgan fingerprint density at radius 2 is 1.05 bits per heavy atom. The van der Waals surface area contributed by atoms with E-state index in [0.717, 1.165) is 21.5 Å². The summed E-state index contributed by atoms with van der Waals surface area (Å²) in [5.74, 6) is -1.76. The molecule has 0 bridgehead atoms. The number of rotatable bonds is 4. The maximum Gasteiger partial charge on any atom is 0.164 e. The summed E-state index contributed by atoms with van der Waals surface area (Å²) in [7, 11) is 0.